The highest BCUT2D eigenvalue weighted by Crippen LogP contribution is 2.26. The number of nitro benzene ring substituents is 1. The quantitative estimate of drug-likeness (QED) is 0.673. The van der Waals surface area contributed by atoms with Crippen molar-refractivity contribution in [2.45, 2.75) is 25.3 Å². The molecule has 2 atom stereocenters. The van der Waals surface area contributed by atoms with Gasteiger partial charge in [-0.1, -0.05) is 18.2 Å². The topological polar surface area (TPSA) is 75.5 Å². The summed E-state index contributed by atoms with van der Waals surface area (Å²) >= 11 is 0. The highest BCUT2D eigenvalue weighted by molar-refractivity contribution is 5.80. The molecule has 0 bridgehead atoms. The van der Waals surface area contributed by atoms with Gasteiger partial charge in [-0.3, -0.25) is 14.9 Å². The zero-order chi connectivity index (χ0) is 14.8. The summed E-state index contributed by atoms with van der Waals surface area (Å²) in [6.07, 6.45) is 2.43. The number of benzene rings is 1. The summed E-state index contributed by atoms with van der Waals surface area (Å²) < 4.78 is 0. The molecular formula is C15H19N3O3. The Hall–Kier alpha value is -1.95. The van der Waals surface area contributed by atoms with Crippen LogP contribution in [0.3, 0.4) is 0 Å². The van der Waals surface area contributed by atoms with E-state index in [1.165, 1.54) is 6.07 Å². The van der Waals surface area contributed by atoms with Gasteiger partial charge >= 0.3 is 0 Å². The summed E-state index contributed by atoms with van der Waals surface area (Å²) in [7, 11) is 0. The van der Waals surface area contributed by atoms with E-state index in [-0.39, 0.29) is 18.0 Å². The van der Waals surface area contributed by atoms with Crippen LogP contribution in [-0.2, 0) is 11.2 Å². The molecule has 3 rings (SSSR count). The van der Waals surface area contributed by atoms with Gasteiger partial charge in [0.05, 0.1) is 11.3 Å². The third-order valence-electron chi connectivity index (χ3n) is 4.48. The van der Waals surface area contributed by atoms with Crippen LogP contribution in [0.1, 0.15) is 18.4 Å². The molecule has 2 fully saturated rings. The number of rotatable bonds is 3. The molecule has 1 aromatic carbocycles. The van der Waals surface area contributed by atoms with Crippen molar-refractivity contribution in [3.05, 3.63) is 39.9 Å². The van der Waals surface area contributed by atoms with Gasteiger partial charge in [0.2, 0.25) is 5.91 Å². The third-order valence-corrected chi connectivity index (χ3v) is 4.48. The van der Waals surface area contributed by atoms with Crippen molar-refractivity contribution in [3.8, 4) is 0 Å². The van der Waals surface area contributed by atoms with E-state index < -0.39 is 4.92 Å². The number of likely N-dealkylation sites (tertiary alicyclic amines) is 1. The largest absolute Gasteiger partial charge is 0.340 e. The van der Waals surface area contributed by atoms with E-state index in [2.05, 4.69) is 5.32 Å². The Balaban J connectivity index is 1.68. The summed E-state index contributed by atoms with van der Waals surface area (Å²) in [6.45, 7) is 2.52. The number of amides is 1. The first-order chi connectivity index (χ1) is 10.1. The summed E-state index contributed by atoms with van der Waals surface area (Å²) in [5, 5.41) is 14.5. The lowest BCUT2D eigenvalue weighted by Gasteiger charge is -2.24. The van der Waals surface area contributed by atoms with Crippen molar-refractivity contribution < 1.29 is 9.72 Å². The van der Waals surface area contributed by atoms with Crippen LogP contribution in [-0.4, -0.2) is 41.4 Å². The molecular weight excluding hydrogens is 270 g/mol. The van der Waals surface area contributed by atoms with Crippen molar-refractivity contribution in [1.82, 2.24) is 10.2 Å². The van der Waals surface area contributed by atoms with E-state index in [9.17, 15) is 14.9 Å². The van der Waals surface area contributed by atoms with Crippen molar-refractivity contribution in [2.24, 2.45) is 5.92 Å². The molecule has 0 radical (unpaired) electrons. The smallest absolute Gasteiger partial charge is 0.273 e. The van der Waals surface area contributed by atoms with E-state index >= 15 is 0 Å². The van der Waals surface area contributed by atoms with E-state index in [1.54, 1.807) is 18.2 Å². The Labute approximate surface area is 123 Å². The number of piperidine rings is 1. The van der Waals surface area contributed by atoms with Crippen LogP contribution in [0.2, 0.25) is 0 Å². The van der Waals surface area contributed by atoms with Gasteiger partial charge in [0, 0.05) is 30.8 Å². The van der Waals surface area contributed by atoms with Crippen molar-refractivity contribution in [3.63, 3.8) is 0 Å². The Morgan fingerprint density at radius 3 is 2.95 bits per heavy atom. The van der Waals surface area contributed by atoms with Gasteiger partial charge in [-0.15, -0.1) is 0 Å². The number of nitro groups is 1. The van der Waals surface area contributed by atoms with Crippen LogP contribution in [0.15, 0.2) is 24.3 Å². The number of para-hydroxylation sites is 1. The van der Waals surface area contributed by atoms with E-state index in [1.807, 2.05) is 4.90 Å². The molecule has 0 aliphatic carbocycles. The minimum absolute atomic E-state index is 0.0134. The number of hydrogen-bond acceptors (Lipinski definition) is 4. The zero-order valence-electron chi connectivity index (χ0n) is 11.8. The molecule has 2 heterocycles. The lowest BCUT2D eigenvalue weighted by Crippen LogP contribution is -2.41. The van der Waals surface area contributed by atoms with Crippen LogP contribution >= 0.6 is 0 Å². The summed E-state index contributed by atoms with van der Waals surface area (Å²) in [4.78, 5) is 24.8. The molecule has 0 spiro atoms. The van der Waals surface area contributed by atoms with Crippen LogP contribution < -0.4 is 5.32 Å². The lowest BCUT2D eigenvalue weighted by molar-refractivity contribution is -0.385. The number of fused-ring (bicyclic) bond motifs is 1. The molecule has 2 aliphatic rings. The van der Waals surface area contributed by atoms with E-state index in [0.717, 1.165) is 32.5 Å². The van der Waals surface area contributed by atoms with Crippen molar-refractivity contribution in [2.75, 3.05) is 19.6 Å². The second kappa shape index (κ2) is 5.81. The molecule has 1 aromatic rings. The molecule has 21 heavy (non-hydrogen) atoms. The van der Waals surface area contributed by atoms with Crippen molar-refractivity contribution >= 4 is 11.6 Å². The predicted octanol–water partition coefficient (Wildman–Crippen LogP) is 1.35. The van der Waals surface area contributed by atoms with Gasteiger partial charge in [-0.05, 0) is 25.3 Å². The second-order valence-electron chi connectivity index (χ2n) is 5.82. The average Bonchev–Trinajstić information content (AvgIpc) is 2.91. The predicted molar refractivity (Wildman–Crippen MR) is 77.9 cm³/mol. The Morgan fingerprint density at radius 2 is 2.19 bits per heavy atom. The van der Waals surface area contributed by atoms with Gasteiger partial charge in [0.15, 0.2) is 0 Å². The fraction of sp³-hybridized carbons (Fsp3) is 0.533. The van der Waals surface area contributed by atoms with Gasteiger partial charge < -0.3 is 10.2 Å². The highest BCUT2D eigenvalue weighted by atomic mass is 16.6. The second-order valence-corrected chi connectivity index (χ2v) is 5.82. The maximum atomic E-state index is 12.4. The number of carbonyl (C=O) groups is 1. The molecule has 6 nitrogen and oxygen atoms in total. The molecule has 2 aliphatic heterocycles. The molecule has 1 N–H and O–H groups in total. The minimum Gasteiger partial charge on any atom is -0.340 e. The van der Waals surface area contributed by atoms with Gasteiger partial charge in [0.25, 0.3) is 5.69 Å². The molecule has 0 aromatic heterocycles. The lowest BCUT2D eigenvalue weighted by atomic mass is 9.94. The van der Waals surface area contributed by atoms with E-state index in [0.29, 0.717) is 17.5 Å². The van der Waals surface area contributed by atoms with Crippen LogP contribution in [0, 0.1) is 16.0 Å². The molecule has 6 heteroatoms. The van der Waals surface area contributed by atoms with Crippen LogP contribution in [0.5, 0.6) is 0 Å². The fourth-order valence-electron chi connectivity index (χ4n) is 3.36. The van der Waals surface area contributed by atoms with Gasteiger partial charge in [-0.2, -0.15) is 0 Å². The number of hydrogen-bond donors (Lipinski definition) is 1. The molecule has 1 amide bonds. The minimum atomic E-state index is -0.423. The molecule has 0 unspecified atom stereocenters. The Kier molecular flexibility index (Phi) is 3.88. The number of carbonyl (C=O) groups excluding carboxylic acids is 1. The van der Waals surface area contributed by atoms with Gasteiger partial charge in [-0.25, -0.2) is 0 Å². The zero-order valence-corrected chi connectivity index (χ0v) is 11.8. The van der Waals surface area contributed by atoms with Crippen molar-refractivity contribution in [1.29, 1.82) is 0 Å². The number of nitrogens with one attached hydrogen (secondary N) is 1. The average molecular weight is 289 g/mol. The van der Waals surface area contributed by atoms with Crippen LogP contribution in [0.25, 0.3) is 0 Å². The van der Waals surface area contributed by atoms with Gasteiger partial charge in [0.1, 0.15) is 0 Å². The SMILES string of the molecule is O=C(Cc1ccccc1[N+](=O)[O-])N1C[C@@H]2CCCN[C@@H]2C1. The molecule has 112 valence electrons. The molecule has 2 saturated heterocycles. The summed E-state index contributed by atoms with van der Waals surface area (Å²) in [5.41, 5.74) is 0.524. The normalized spacial score (nSPS) is 24.7. The fourth-order valence-corrected chi connectivity index (χ4v) is 3.36. The first-order valence-electron chi connectivity index (χ1n) is 7.38. The maximum absolute atomic E-state index is 12.4. The Bertz CT molecular complexity index is 547. The third kappa shape index (κ3) is 2.90. The molecule has 0 saturated carbocycles. The first kappa shape index (κ1) is 14.0. The Morgan fingerprint density at radius 1 is 1.38 bits per heavy atom. The maximum Gasteiger partial charge on any atom is 0.273 e. The van der Waals surface area contributed by atoms with Crippen LogP contribution in [0.4, 0.5) is 5.69 Å². The summed E-state index contributed by atoms with van der Waals surface area (Å²) in [5.74, 6) is 0.522. The van der Waals surface area contributed by atoms with E-state index in [4.69, 9.17) is 0 Å². The highest BCUT2D eigenvalue weighted by Gasteiger charge is 2.36. The monoisotopic (exact) mass is 289 g/mol. The summed E-state index contributed by atoms with van der Waals surface area (Å²) in [6, 6.07) is 6.88. The number of nitrogens with zero attached hydrogens (tertiary/aromatic N) is 2. The first-order valence-corrected chi connectivity index (χ1v) is 7.38. The standard InChI is InChI=1S/C15H19N3O3/c19-15(8-11-4-1-2-6-14(11)18(20)21)17-9-12-5-3-7-16-13(12)10-17/h1-2,4,6,12-13,16H,3,5,7-10H2/t12-,13+/m0/s1.